The molecule has 16 heavy (non-hydrogen) atoms. The Balaban J connectivity index is 2.66. The van der Waals surface area contributed by atoms with Crippen molar-refractivity contribution in [2.24, 2.45) is 0 Å². The molecule has 0 aliphatic rings. The number of esters is 1. The van der Waals surface area contributed by atoms with Gasteiger partial charge in [0.2, 0.25) is 0 Å². The van der Waals surface area contributed by atoms with Crippen molar-refractivity contribution in [3.8, 4) is 0 Å². The van der Waals surface area contributed by atoms with E-state index < -0.39 is 6.04 Å². The SMILES string of the molecule is COC(=O)CC(C)/[N+]([O-])=C/c1ccccc1. The first-order valence-corrected chi connectivity index (χ1v) is 5.05. The lowest BCUT2D eigenvalue weighted by atomic mass is 10.2. The summed E-state index contributed by atoms with van der Waals surface area (Å²) in [7, 11) is 1.31. The lowest BCUT2D eigenvalue weighted by Crippen LogP contribution is -2.23. The van der Waals surface area contributed by atoms with E-state index in [-0.39, 0.29) is 12.4 Å². The second-order valence-electron chi connectivity index (χ2n) is 3.53. The highest BCUT2D eigenvalue weighted by Crippen LogP contribution is 2.00. The van der Waals surface area contributed by atoms with E-state index in [9.17, 15) is 10.0 Å². The molecule has 0 N–H and O–H groups in total. The van der Waals surface area contributed by atoms with Gasteiger partial charge in [-0.2, -0.15) is 0 Å². The van der Waals surface area contributed by atoms with Crippen LogP contribution in [0.2, 0.25) is 0 Å². The Morgan fingerprint density at radius 1 is 1.50 bits per heavy atom. The van der Waals surface area contributed by atoms with E-state index in [1.54, 1.807) is 6.92 Å². The average molecular weight is 221 g/mol. The lowest BCUT2D eigenvalue weighted by Gasteiger charge is -2.11. The van der Waals surface area contributed by atoms with E-state index in [2.05, 4.69) is 4.74 Å². The molecule has 1 unspecified atom stereocenters. The van der Waals surface area contributed by atoms with Crippen LogP contribution in [0.15, 0.2) is 30.3 Å². The molecule has 0 spiro atoms. The van der Waals surface area contributed by atoms with Crippen LogP contribution in [0.25, 0.3) is 0 Å². The highest BCUT2D eigenvalue weighted by Gasteiger charge is 2.14. The van der Waals surface area contributed by atoms with Crippen molar-refractivity contribution in [2.75, 3.05) is 7.11 Å². The number of methoxy groups -OCH3 is 1. The van der Waals surface area contributed by atoms with E-state index in [0.717, 1.165) is 10.3 Å². The number of hydrogen-bond donors (Lipinski definition) is 0. The van der Waals surface area contributed by atoms with Gasteiger partial charge in [0.25, 0.3) is 0 Å². The maximum atomic E-state index is 11.6. The zero-order valence-electron chi connectivity index (χ0n) is 9.42. The monoisotopic (exact) mass is 221 g/mol. The summed E-state index contributed by atoms with van der Waals surface area (Å²) in [5.74, 6) is -0.380. The van der Waals surface area contributed by atoms with Gasteiger partial charge in [-0.25, -0.2) is 4.74 Å². The standard InChI is InChI=1S/C12H15NO3/c1-10(8-12(14)16-2)13(15)9-11-6-4-3-5-7-11/h3-7,9-10H,8H2,1-2H3/b13-9-. The quantitative estimate of drug-likeness (QED) is 0.255. The van der Waals surface area contributed by atoms with Crippen LogP contribution in [0.4, 0.5) is 0 Å². The van der Waals surface area contributed by atoms with Crippen molar-refractivity contribution in [3.63, 3.8) is 0 Å². The molecule has 1 aromatic rings. The summed E-state index contributed by atoms with van der Waals surface area (Å²) in [5.41, 5.74) is 0.814. The van der Waals surface area contributed by atoms with Gasteiger partial charge in [0.05, 0.1) is 7.11 Å². The zero-order valence-corrected chi connectivity index (χ0v) is 9.42. The number of carbonyl (C=O) groups excluding carboxylic acids is 1. The molecule has 4 nitrogen and oxygen atoms in total. The van der Waals surface area contributed by atoms with Crippen molar-refractivity contribution in [1.29, 1.82) is 0 Å². The first-order chi connectivity index (χ1) is 7.63. The van der Waals surface area contributed by atoms with E-state index in [4.69, 9.17) is 0 Å². The molecular formula is C12H15NO3. The number of rotatable bonds is 4. The lowest BCUT2D eigenvalue weighted by molar-refractivity contribution is -0.491. The maximum absolute atomic E-state index is 11.6. The molecule has 1 atom stereocenters. The third-order valence-electron chi connectivity index (χ3n) is 2.20. The van der Waals surface area contributed by atoms with Crippen molar-refractivity contribution >= 4 is 12.2 Å². The molecule has 0 radical (unpaired) electrons. The van der Waals surface area contributed by atoms with Crippen molar-refractivity contribution in [1.82, 2.24) is 0 Å². The van der Waals surface area contributed by atoms with Crippen LogP contribution in [-0.2, 0) is 9.53 Å². The third kappa shape index (κ3) is 3.73. The van der Waals surface area contributed by atoms with Crippen LogP contribution < -0.4 is 0 Å². The molecule has 0 heterocycles. The minimum Gasteiger partial charge on any atom is -0.624 e. The van der Waals surface area contributed by atoms with Gasteiger partial charge in [-0.3, -0.25) is 4.79 Å². The molecule has 4 heteroatoms. The molecule has 0 fully saturated rings. The summed E-state index contributed by atoms with van der Waals surface area (Å²) in [4.78, 5) is 11.0. The summed E-state index contributed by atoms with van der Waals surface area (Å²) in [5, 5.41) is 11.6. The van der Waals surface area contributed by atoms with Crippen LogP contribution >= 0.6 is 0 Å². The number of hydrogen-bond acceptors (Lipinski definition) is 3. The smallest absolute Gasteiger partial charge is 0.312 e. The number of nitrogens with zero attached hydrogens (tertiary/aromatic N) is 1. The maximum Gasteiger partial charge on any atom is 0.312 e. The van der Waals surface area contributed by atoms with Gasteiger partial charge in [0.15, 0.2) is 12.3 Å². The summed E-state index contributed by atoms with van der Waals surface area (Å²) in [6.45, 7) is 1.68. The van der Waals surface area contributed by atoms with Gasteiger partial charge < -0.3 is 9.94 Å². The Hall–Kier alpha value is -1.84. The number of ether oxygens (including phenoxy) is 1. The third-order valence-corrected chi connectivity index (χ3v) is 2.20. The van der Waals surface area contributed by atoms with E-state index in [0.29, 0.717) is 0 Å². The van der Waals surface area contributed by atoms with Gasteiger partial charge in [-0.15, -0.1) is 0 Å². The van der Waals surface area contributed by atoms with Gasteiger partial charge in [0, 0.05) is 5.56 Å². The zero-order chi connectivity index (χ0) is 12.0. The Kier molecular flexibility index (Phi) is 4.51. The topological polar surface area (TPSA) is 52.4 Å². The molecule has 0 amide bonds. The minimum atomic E-state index is -0.423. The molecule has 0 aromatic heterocycles. The van der Waals surface area contributed by atoms with Crippen LogP contribution in [-0.4, -0.2) is 30.1 Å². The first-order valence-electron chi connectivity index (χ1n) is 5.05. The van der Waals surface area contributed by atoms with E-state index in [1.165, 1.54) is 13.3 Å². The summed E-state index contributed by atoms with van der Waals surface area (Å²) >= 11 is 0. The molecule has 0 saturated heterocycles. The predicted molar refractivity (Wildman–Crippen MR) is 61.3 cm³/mol. The second kappa shape index (κ2) is 5.90. The van der Waals surface area contributed by atoms with Crippen LogP contribution in [0.3, 0.4) is 0 Å². The Morgan fingerprint density at radius 2 is 2.12 bits per heavy atom. The molecule has 0 aliphatic carbocycles. The average Bonchev–Trinajstić information content (AvgIpc) is 2.30. The molecule has 0 bridgehead atoms. The van der Waals surface area contributed by atoms with Gasteiger partial charge >= 0.3 is 5.97 Å². The Morgan fingerprint density at radius 3 is 2.69 bits per heavy atom. The van der Waals surface area contributed by atoms with Gasteiger partial charge in [-0.05, 0) is 19.1 Å². The fraction of sp³-hybridized carbons (Fsp3) is 0.333. The van der Waals surface area contributed by atoms with Crippen molar-refractivity contribution in [2.45, 2.75) is 19.4 Å². The number of benzene rings is 1. The van der Waals surface area contributed by atoms with E-state index in [1.807, 2.05) is 30.3 Å². The highest BCUT2D eigenvalue weighted by molar-refractivity contribution is 5.75. The minimum absolute atomic E-state index is 0.0866. The van der Waals surface area contributed by atoms with Gasteiger partial charge in [0.1, 0.15) is 6.42 Å². The molecule has 0 saturated carbocycles. The van der Waals surface area contributed by atoms with Crippen molar-refractivity contribution < 1.29 is 14.3 Å². The fourth-order valence-electron chi connectivity index (χ4n) is 1.23. The van der Waals surface area contributed by atoms with Crippen LogP contribution in [0.1, 0.15) is 18.9 Å². The van der Waals surface area contributed by atoms with Gasteiger partial charge in [-0.1, -0.05) is 18.2 Å². The summed E-state index contributed by atoms with van der Waals surface area (Å²) in [6, 6.07) is 8.82. The fourth-order valence-corrected chi connectivity index (χ4v) is 1.23. The normalized spacial score (nSPS) is 13.2. The van der Waals surface area contributed by atoms with Crippen molar-refractivity contribution in [3.05, 3.63) is 41.1 Å². The molecule has 1 aromatic carbocycles. The second-order valence-corrected chi connectivity index (χ2v) is 3.53. The Labute approximate surface area is 94.7 Å². The van der Waals surface area contributed by atoms with E-state index >= 15 is 0 Å². The predicted octanol–water partition coefficient (Wildman–Crippen LogP) is 1.57. The summed E-state index contributed by atoms with van der Waals surface area (Å²) in [6.07, 6.45) is 1.55. The molecular weight excluding hydrogens is 206 g/mol. The molecule has 86 valence electrons. The van der Waals surface area contributed by atoms with Crippen LogP contribution in [0.5, 0.6) is 0 Å². The first kappa shape index (κ1) is 12.2. The molecule has 0 aliphatic heterocycles. The summed E-state index contributed by atoms with van der Waals surface area (Å²) < 4.78 is 5.27. The number of carbonyl (C=O) groups is 1. The Bertz CT molecular complexity index is 373. The number of hydroxylamine groups is 1. The highest BCUT2D eigenvalue weighted by atomic mass is 16.5. The van der Waals surface area contributed by atoms with Crippen LogP contribution in [0, 0.1) is 5.21 Å². The largest absolute Gasteiger partial charge is 0.624 e. The molecule has 1 rings (SSSR count).